The summed E-state index contributed by atoms with van der Waals surface area (Å²) in [6.45, 7) is 17.5. The fourth-order valence-corrected chi connectivity index (χ4v) is 4.24. The standard InChI is InChI=1S/C23H39N5O/c1-6-24-23(25-16-20(4)27-11-9-26(5)10-12-27)28-13-14-29-22(17-28)21-8-7-18(2)15-19(21)3/h7-8,15,20,22H,6,9-14,16-17H2,1-5H3,(H,24,25). The van der Waals surface area contributed by atoms with Gasteiger partial charge in [-0.3, -0.25) is 9.89 Å². The molecule has 2 saturated heterocycles. The summed E-state index contributed by atoms with van der Waals surface area (Å²) < 4.78 is 6.14. The van der Waals surface area contributed by atoms with Gasteiger partial charge in [-0.2, -0.15) is 0 Å². The summed E-state index contributed by atoms with van der Waals surface area (Å²) in [7, 11) is 2.20. The Bertz CT molecular complexity index is 684. The van der Waals surface area contributed by atoms with Crippen molar-refractivity contribution in [2.75, 3.05) is 66.0 Å². The van der Waals surface area contributed by atoms with Crippen LogP contribution in [0.15, 0.2) is 23.2 Å². The van der Waals surface area contributed by atoms with E-state index in [1.54, 1.807) is 0 Å². The summed E-state index contributed by atoms with van der Waals surface area (Å²) in [5.41, 5.74) is 3.90. The van der Waals surface area contributed by atoms with E-state index in [0.29, 0.717) is 6.04 Å². The van der Waals surface area contributed by atoms with Crippen LogP contribution in [-0.2, 0) is 4.74 Å². The molecular formula is C23H39N5O. The van der Waals surface area contributed by atoms with Crippen molar-refractivity contribution in [2.24, 2.45) is 4.99 Å². The van der Waals surface area contributed by atoms with E-state index in [2.05, 4.69) is 73.0 Å². The summed E-state index contributed by atoms with van der Waals surface area (Å²) in [4.78, 5) is 12.3. The Labute approximate surface area is 176 Å². The number of benzene rings is 1. The van der Waals surface area contributed by atoms with Crippen molar-refractivity contribution < 1.29 is 4.74 Å². The number of guanidine groups is 1. The number of ether oxygens (including phenoxy) is 1. The van der Waals surface area contributed by atoms with Crippen LogP contribution in [0.2, 0.25) is 0 Å². The van der Waals surface area contributed by atoms with Gasteiger partial charge in [0.25, 0.3) is 0 Å². The van der Waals surface area contributed by atoms with E-state index < -0.39 is 0 Å². The summed E-state index contributed by atoms with van der Waals surface area (Å²) >= 11 is 0. The largest absolute Gasteiger partial charge is 0.370 e. The van der Waals surface area contributed by atoms with Crippen LogP contribution < -0.4 is 5.32 Å². The van der Waals surface area contributed by atoms with Crippen molar-refractivity contribution in [3.63, 3.8) is 0 Å². The molecule has 1 N–H and O–H groups in total. The Morgan fingerprint density at radius 2 is 1.97 bits per heavy atom. The van der Waals surface area contributed by atoms with Crippen LogP contribution in [0.5, 0.6) is 0 Å². The van der Waals surface area contributed by atoms with E-state index in [1.165, 1.54) is 16.7 Å². The number of aryl methyl sites for hydroxylation is 2. The Morgan fingerprint density at radius 3 is 2.66 bits per heavy atom. The van der Waals surface area contributed by atoms with E-state index >= 15 is 0 Å². The smallest absolute Gasteiger partial charge is 0.194 e. The second-order valence-corrected chi connectivity index (χ2v) is 8.55. The third kappa shape index (κ3) is 5.93. The molecule has 0 aromatic heterocycles. The number of nitrogens with one attached hydrogen (secondary N) is 1. The predicted molar refractivity (Wildman–Crippen MR) is 121 cm³/mol. The van der Waals surface area contributed by atoms with Gasteiger partial charge >= 0.3 is 0 Å². The zero-order valence-electron chi connectivity index (χ0n) is 18.9. The summed E-state index contributed by atoms with van der Waals surface area (Å²) in [5.74, 6) is 1.02. The van der Waals surface area contributed by atoms with Crippen LogP contribution >= 0.6 is 0 Å². The van der Waals surface area contributed by atoms with Crippen molar-refractivity contribution in [1.29, 1.82) is 0 Å². The fraction of sp³-hybridized carbons (Fsp3) is 0.696. The molecule has 6 nitrogen and oxygen atoms in total. The maximum absolute atomic E-state index is 6.14. The van der Waals surface area contributed by atoms with Gasteiger partial charge in [-0.15, -0.1) is 0 Å². The molecule has 2 atom stereocenters. The molecule has 3 rings (SSSR count). The maximum Gasteiger partial charge on any atom is 0.194 e. The maximum atomic E-state index is 6.14. The number of nitrogens with zero attached hydrogens (tertiary/aromatic N) is 4. The zero-order chi connectivity index (χ0) is 20.8. The molecule has 2 unspecified atom stereocenters. The van der Waals surface area contributed by atoms with Crippen molar-refractivity contribution >= 4 is 5.96 Å². The second kappa shape index (κ2) is 10.4. The van der Waals surface area contributed by atoms with Gasteiger partial charge in [0.15, 0.2) is 5.96 Å². The van der Waals surface area contributed by atoms with Crippen LogP contribution in [0.25, 0.3) is 0 Å². The number of likely N-dealkylation sites (N-methyl/N-ethyl adjacent to an activating group) is 1. The van der Waals surface area contributed by atoms with Crippen LogP contribution in [0.4, 0.5) is 0 Å². The molecule has 0 radical (unpaired) electrons. The highest BCUT2D eigenvalue weighted by atomic mass is 16.5. The van der Waals surface area contributed by atoms with E-state index in [9.17, 15) is 0 Å². The van der Waals surface area contributed by atoms with Gasteiger partial charge < -0.3 is 19.9 Å². The molecule has 1 aromatic rings. The highest BCUT2D eigenvalue weighted by molar-refractivity contribution is 5.80. The summed E-state index contributed by atoms with van der Waals surface area (Å²) in [5, 5.41) is 3.51. The lowest BCUT2D eigenvalue weighted by Gasteiger charge is -2.37. The molecule has 2 fully saturated rings. The fourth-order valence-electron chi connectivity index (χ4n) is 4.24. The molecule has 0 saturated carbocycles. The monoisotopic (exact) mass is 401 g/mol. The molecule has 29 heavy (non-hydrogen) atoms. The minimum atomic E-state index is 0.100. The molecule has 0 bridgehead atoms. The zero-order valence-corrected chi connectivity index (χ0v) is 18.9. The third-order valence-corrected chi connectivity index (χ3v) is 6.14. The van der Waals surface area contributed by atoms with Crippen LogP contribution in [0, 0.1) is 13.8 Å². The lowest BCUT2D eigenvalue weighted by Crippen LogP contribution is -2.50. The lowest BCUT2D eigenvalue weighted by atomic mass is 10.00. The van der Waals surface area contributed by atoms with E-state index in [1.807, 2.05) is 0 Å². The summed E-state index contributed by atoms with van der Waals surface area (Å²) in [6, 6.07) is 7.11. The number of aliphatic imine (C=N–C) groups is 1. The third-order valence-electron chi connectivity index (χ3n) is 6.14. The van der Waals surface area contributed by atoms with Crippen molar-refractivity contribution in [1.82, 2.24) is 20.0 Å². The van der Waals surface area contributed by atoms with Crippen molar-refractivity contribution in [3.05, 3.63) is 34.9 Å². The van der Waals surface area contributed by atoms with Crippen molar-refractivity contribution in [3.8, 4) is 0 Å². The van der Waals surface area contributed by atoms with Crippen molar-refractivity contribution in [2.45, 2.75) is 39.8 Å². The SMILES string of the molecule is CCNC(=NCC(C)N1CCN(C)CC1)N1CCOC(c2ccc(C)cc2C)C1. The Balaban J connectivity index is 1.65. The predicted octanol–water partition coefficient (Wildman–Crippen LogP) is 2.28. The average molecular weight is 402 g/mol. The highest BCUT2D eigenvalue weighted by Crippen LogP contribution is 2.26. The normalized spacial score (nSPS) is 23.3. The molecule has 0 amide bonds. The topological polar surface area (TPSA) is 43.3 Å². The summed E-state index contributed by atoms with van der Waals surface area (Å²) in [6.07, 6.45) is 0.100. The van der Waals surface area contributed by atoms with Crippen LogP contribution in [0.1, 0.15) is 36.6 Å². The first-order valence-electron chi connectivity index (χ1n) is 11.1. The first-order chi connectivity index (χ1) is 14.0. The Kier molecular flexibility index (Phi) is 7.92. The average Bonchev–Trinajstić information content (AvgIpc) is 2.71. The first kappa shape index (κ1) is 22.1. The second-order valence-electron chi connectivity index (χ2n) is 8.55. The minimum Gasteiger partial charge on any atom is -0.370 e. The Hall–Kier alpha value is -1.63. The molecule has 6 heteroatoms. The molecule has 2 aliphatic heterocycles. The van der Waals surface area contributed by atoms with E-state index in [4.69, 9.17) is 9.73 Å². The lowest BCUT2D eigenvalue weighted by molar-refractivity contribution is -0.00838. The first-order valence-corrected chi connectivity index (χ1v) is 11.1. The van der Waals surface area contributed by atoms with E-state index in [-0.39, 0.29) is 6.10 Å². The van der Waals surface area contributed by atoms with Gasteiger partial charge in [0, 0.05) is 45.3 Å². The molecule has 0 aliphatic carbocycles. The van der Waals surface area contributed by atoms with Crippen LogP contribution in [-0.4, -0.2) is 92.7 Å². The molecule has 162 valence electrons. The van der Waals surface area contributed by atoms with Gasteiger partial charge in [0.05, 0.1) is 19.7 Å². The number of hydrogen-bond donors (Lipinski definition) is 1. The number of rotatable bonds is 5. The van der Waals surface area contributed by atoms with Gasteiger partial charge in [-0.1, -0.05) is 23.8 Å². The molecule has 2 aliphatic rings. The van der Waals surface area contributed by atoms with Crippen LogP contribution in [0.3, 0.4) is 0 Å². The quantitative estimate of drug-likeness (QED) is 0.606. The van der Waals surface area contributed by atoms with Gasteiger partial charge in [-0.25, -0.2) is 0 Å². The van der Waals surface area contributed by atoms with Gasteiger partial charge in [-0.05, 0) is 45.9 Å². The Morgan fingerprint density at radius 1 is 1.21 bits per heavy atom. The number of hydrogen-bond acceptors (Lipinski definition) is 4. The molecular weight excluding hydrogens is 362 g/mol. The molecule has 2 heterocycles. The van der Waals surface area contributed by atoms with E-state index in [0.717, 1.165) is 64.9 Å². The molecule has 0 spiro atoms. The highest BCUT2D eigenvalue weighted by Gasteiger charge is 2.26. The minimum absolute atomic E-state index is 0.100. The van der Waals surface area contributed by atoms with Gasteiger partial charge in [0.2, 0.25) is 0 Å². The van der Waals surface area contributed by atoms with Gasteiger partial charge in [0.1, 0.15) is 6.10 Å². The number of piperazine rings is 1. The number of morpholine rings is 1. The molecule has 1 aromatic carbocycles.